The minimum atomic E-state index is -0.0790. The highest BCUT2D eigenvalue weighted by Gasteiger charge is 2.07. The molecule has 0 fully saturated rings. The number of carbonyl (C=O) groups excluding carboxylic acids is 1. The van der Waals surface area contributed by atoms with Crippen LogP contribution in [0.15, 0.2) is 48.5 Å². The number of rotatable bonds is 5. The van der Waals surface area contributed by atoms with E-state index in [2.05, 4.69) is 11.4 Å². The summed E-state index contributed by atoms with van der Waals surface area (Å²) < 4.78 is 0. The van der Waals surface area contributed by atoms with Crippen LogP contribution in [0.2, 0.25) is 0 Å². The van der Waals surface area contributed by atoms with Gasteiger partial charge in [-0.05, 0) is 37.4 Å². The van der Waals surface area contributed by atoms with E-state index in [1.165, 1.54) is 0 Å². The van der Waals surface area contributed by atoms with Gasteiger partial charge in [-0.15, -0.1) is 0 Å². The molecule has 0 spiro atoms. The predicted molar refractivity (Wildman–Crippen MR) is 81.6 cm³/mol. The van der Waals surface area contributed by atoms with Crippen LogP contribution in [-0.2, 0) is 0 Å². The quantitative estimate of drug-likeness (QED) is 0.902. The summed E-state index contributed by atoms with van der Waals surface area (Å²) in [5, 5.41) is 2.90. The second kappa shape index (κ2) is 6.87. The van der Waals surface area contributed by atoms with E-state index in [1.807, 2.05) is 61.5 Å². The molecule has 0 aliphatic rings. The van der Waals surface area contributed by atoms with Gasteiger partial charge in [-0.25, -0.2) is 0 Å². The third-order valence-corrected chi connectivity index (χ3v) is 3.00. The second-order valence-corrected chi connectivity index (χ2v) is 4.92. The molecule has 1 radical (unpaired) electrons. The minimum absolute atomic E-state index is 0.0790. The van der Waals surface area contributed by atoms with E-state index < -0.39 is 0 Å². The van der Waals surface area contributed by atoms with Crippen molar-refractivity contribution in [1.82, 2.24) is 10.2 Å². The molecule has 3 heteroatoms. The first-order valence-electron chi connectivity index (χ1n) is 6.67. The van der Waals surface area contributed by atoms with E-state index in [-0.39, 0.29) is 5.91 Å². The zero-order valence-electron chi connectivity index (χ0n) is 11.9. The SMILES string of the molecule is CN(C)CCNC(=O)c1[c]ccc(-c2ccccc2)c1. The number of nitrogens with zero attached hydrogens (tertiary/aromatic N) is 1. The van der Waals surface area contributed by atoms with Gasteiger partial charge in [0.1, 0.15) is 0 Å². The molecular weight excluding hydrogens is 248 g/mol. The van der Waals surface area contributed by atoms with Crippen molar-refractivity contribution in [2.45, 2.75) is 0 Å². The highest BCUT2D eigenvalue weighted by molar-refractivity contribution is 5.95. The molecule has 20 heavy (non-hydrogen) atoms. The molecule has 0 aromatic heterocycles. The average molecular weight is 267 g/mol. The summed E-state index contributed by atoms with van der Waals surface area (Å²) in [6.07, 6.45) is 0. The monoisotopic (exact) mass is 267 g/mol. The number of likely N-dealkylation sites (N-methyl/N-ethyl adjacent to an activating group) is 1. The van der Waals surface area contributed by atoms with Crippen LogP contribution in [0, 0.1) is 6.07 Å². The van der Waals surface area contributed by atoms with E-state index in [0.717, 1.165) is 17.7 Å². The summed E-state index contributed by atoms with van der Waals surface area (Å²) >= 11 is 0. The summed E-state index contributed by atoms with van der Waals surface area (Å²) in [5.74, 6) is -0.0790. The first-order valence-corrected chi connectivity index (χ1v) is 6.67. The van der Waals surface area contributed by atoms with Crippen molar-refractivity contribution in [3.8, 4) is 11.1 Å². The number of amides is 1. The van der Waals surface area contributed by atoms with Crippen LogP contribution in [0.25, 0.3) is 11.1 Å². The topological polar surface area (TPSA) is 32.3 Å². The molecule has 103 valence electrons. The maximum atomic E-state index is 12.0. The maximum absolute atomic E-state index is 12.0. The molecule has 0 saturated carbocycles. The van der Waals surface area contributed by atoms with Crippen LogP contribution in [0.5, 0.6) is 0 Å². The van der Waals surface area contributed by atoms with Crippen molar-refractivity contribution in [3.05, 3.63) is 60.2 Å². The maximum Gasteiger partial charge on any atom is 0.251 e. The van der Waals surface area contributed by atoms with Crippen molar-refractivity contribution < 1.29 is 4.79 Å². The van der Waals surface area contributed by atoms with E-state index >= 15 is 0 Å². The molecule has 0 aliphatic heterocycles. The predicted octanol–water partition coefficient (Wildman–Crippen LogP) is 2.45. The molecule has 2 aromatic carbocycles. The number of nitrogens with one attached hydrogen (secondary N) is 1. The van der Waals surface area contributed by atoms with Gasteiger partial charge in [0.25, 0.3) is 5.91 Å². The van der Waals surface area contributed by atoms with E-state index in [9.17, 15) is 4.79 Å². The molecule has 0 atom stereocenters. The molecule has 0 unspecified atom stereocenters. The van der Waals surface area contributed by atoms with Gasteiger partial charge in [0, 0.05) is 18.7 Å². The molecule has 0 heterocycles. The van der Waals surface area contributed by atoms with E-state index in [1.54, 1.807) is 6.07 Å². The highest BCUT2D eigenvalue weighted by Crippen LogP contribution is 2.19. The van der Waals surface area contributed by atoms with E-state index in [0.29, 0.717) is 12.1 Å². The molecule has 2 aromatic rings. The number of benzene rings is 2. The van der Waals surface area contributed by atoms with Crippen LogP contribution < -0.4 is 5.32 Å². The fourth-order valence-electron chi connectivity index (χ4n) is 1.90. The summed E-state index contributed by atoms with van der Waals surface area (Å²) in [6, 6.07) is 18.6. The van der Waals surface area contributed by atoms with Crippen molar-refractivity contribution in [2.24, 2.45) is 0 Å². The van der Waals surface area contributed by atoms with Crippen molar-refractivity contribution in [3.63, 3.8) is 0 Å². The normalized spacial score (nSPS) is 10.6. The van der Waals surface area contributed by atoms with E-state index in [4.69, 9.17) is 0 Å². The van der Waals surface area contributed by atoms with Gasteiger partial charge in [0.2, 0.25) is 0 Å². The van der Waals surface area contributed by atoms with Crippen LogP contribution in [0.4, 0.5) is 0 Å². The van der Waals surface area contributed by atoms with Gasteiger partial charge in [-0.3, -0.25) is 4.79 Å². The molecule has 3 nitrogen and oxygen atoms in total. The molecule has 0 bridgehead atoms. The van der Waals surface area contributed by atoms with Crippen molar-refractivity contribution in [2.75, 3.05) is 27.2 Å². The Morgan fingerprint density at radius 1 is 1.15 bits per heavy atom. The van der Waals surface area contributed by atoms with Gasteiger partial charge < -0.3 is 10.2 Å². The number of hydrogen-bond acceptors (Lipinski definition) is 2. The first kappa shape index (κ1) is 14.3. The van der Waals surface area contributed by atoms with Crippen molar-refractivity contribution >= 4 is 5.91 Å². The lowest BCUT2D eigenvalue weighted by atomic mass is 10.0. The third-order valence-electron chi connectivity index (χ3n) is 3.00. The van der Waals surface area contributed by atoms with Crippen LogP contribution in [-0.4, -0.2) is 38.0 Å². The molecule has 0 saturated heterocycles. The lowest BCUT2D eigenvalue weighted by Gasteiger charge is -2.10. The van der Waals surface area contributed by atoms with Gasteiger partial charge in [0.15, 0.2) is 0 Å². The molecule has 1 N–H and O–H groups in total. The molecular formula is C17H19N2O. The standard InChI is InChI=1S/C17H19N2O/c1-19(2)12-11-18-17(20)16-10-6-9-15(13-16)14-7-4-3-5-8-14/h3-9,13H,11-12H2,1-2H3,(H,18,20). The summed E-state index contributed by atoms with van der Waals surface area (Å²) in [6.45, 7) is 1.46. The zero-order valence-corrected chi connectivity index (χ0v) is 11.9. The largest absolute Gasteiger partial charge is 0.351 e. The minimum Gasteiger partial charge on any atom is -0.351 e. The first-order chi connectivity index (χ1) is 9.66. The summed E-state index contributed by atoms with van der Waals surface area (Å²) in [4.78, 5) is 14.1. The second-order valence-electron chi connectivity index (χ2n) is 4.92. The Labute approximate surface area is 120 Å². The fourth-order valence-corrected chi connectivity index (χ4v) is 1.90. The Hall–Kier alpha value is -2.13. The third kappa shape index (κ3) is 3.93. The number of carbonyl (C=O) groups is 1. The van der Waals surface area contributed by atoms with Gasteiger partial charge in [0.05, 0.1) is 0 Å². The van der Waals surface area contributed by atoms with Crippen LogP contribution in [0.1, 0.15) is 10.4 Å². The smallest absolute Gasteiger partial charge is 0.251 e. The lowest BCUT2D eigenvalue weighted by molar-refractivity contribution is 0.0951. The lowest BCUT2D eigenvalue weighted by Crippen LogP contribution is -2.31. The van der Waals surface area contributed by atoms with Crippen LogP contribution in [0.3, 0.4) is 0 Å². The Balaban J connectivity index is 2.08. The average Bonchev–Trinajstić information content (AvgIpc) is 2.48. The van der Waals surface area contributed by atoms with Gasteiger partial charge in [-0.1, -0.05) is 42.5 Å². The number of hydrogen-bond donors (Lipinski definition) is 1. The zero-order chi connectivity index (χ0) is 14.4. The van der Waals surface area contributed by atoms with Gasteiger partial charge in [-0.2, -0.15) is 0 Å². The summed E-state index contributed by atoms with van der Waals surface area (Å²) in [5.41, 5.74) is 2.70. The Kier molecular flexibility index (Phi) is 4.91. The molecule has 1 amide bonds. The highest BCUT2D eigenvalue weighted by atomic mass is 16.1. The molecule has 2 rings (SSSR count). The Bertz CT molecular complexity index is 564. The Morgan fingerprint density at radius 3 is 2.60 bits per heavy atom. The molecule has 0 aliphatic carbocycles. The van der Waals surface area contributed by atoms with Crippen molar-refractivity contribution in [1.29, 1.82) is 0 Å². The fraction of sp³-hybridized carbons (Fsp3) is 0.235. The Morgan fingerprint density at radius 2 is 1.90 bits per heavy atom. The van der Waals surface area contributed by atoms with Gasteiger partial charge >= 0.3 is 0 Å². The van der Waals surface area contributed by atoms with Crippen LogP contribution >= 0.6 is 0 Å². The summed E-state index contributed by atoms with van der Waals surface area (Å²) in [7, 11) is 3.96.